The van der Waals surface area contributed by atoms with Crippen LogP contribution in [0.5, 0.6) is 0 Å². The van der Waals surface area contributed by atoms with E-state index < -0.39 is 33.6 Å². The third-order valence-corrected chi connectivity index (χ3v) is 4.70. The van der Waals surface area contributed by atoms with Gasteiger partial charge in [0.05, 0.1) is 18.6 Å². The predicted molar refractivity (Wildman–Crippen MR) is 84.2 cm³/mol. The molecule has 1 atom stereocenters. The lowest BCUT2D eigenvalue weighted by atomic mass is 10.1. The molecule has 0 aliphatic rings. The molecule has 1 unspecified atom stereocenters. The molecule has 0 aromatic carbocycles. The molecule has 1 aromatic heterocycles. The minimum atomic E-state index is -3.50. The zero-order valence-electron chi connectivity index (χ0n) is 13.6. The quantitative estimate of drug-likeness (QED) is 0.677. The fourth-order valence-corrected chi connectivity index (χ4v) is 3.11. The molecule has 0 bridgehead atoms. The number of hydrogen-bond acceptors (Lipinski definition) is 6. The SMILES string of the molecule is CCCS(=O)(=O)CC(=O)OC(C(=O)NCc1ccco1)C(C)C. The van der Waals surface area contributed by atoms with Gasteiger partial charge in [-0.1, -0.05) is 20.8 Å². The number of nitrogens with one attached hydrogen (secondary N) is 1. The molecule has 1 N–H and O–H groups in total. The van der Waals surface area contributed by atoms with Gasteiger partial charge in [-0.25, -0.2) is 8.42 Å². The molecule has 23 heavy (non-hydrogen) atoms. The Balaban J connectivity index is 2.60. The average Bonchev–Trinajstić information content (AvgIpc) is 2.94. The van der Waals surface area contributed by atoms with Crippen molar-refractivity contribution >= 4 is 21.7 Å². The second-order valence-electron chi connectivity index (χ2n) is 5.54. The Morgan fingerprint density at radius 3 is 2.57 bits per heavy atom. The van der Waals surface area contributed by atoms with Gasteiger partial charge in [0, 0.05) is 0 Å². The summed E-state index contributed by atoms with van der Waals surface area (Å²) in [5.41, 5.74) is 0. The van der Waals surface area contributed by atoms with Gasteiger partial charge in [-0.3, -0.25) is 9.59 Å². The number of carbonyl (C=O) groups is 2. The standard InChI is InChI=1S/C15H23NO6S/c1-4-8-23(19,20)10-13(17)22-14(11(2)3)15(18)16-9-12-6-5-7-21-12/h5-7,11,14H,4,8-10H2,1-3H3,(H,16,18). The predicted octanol–water partition coefficient (Wildman–Crippen LogP) is 1.29. The summed E-state index contributed by atoms with van der Waals surface area (Å²) in [5.74, 6) is -1.92. The van der Waals surface area contributed by atoms with E-state index in [0.717, 1.165) is 0 Å². The van der Waals surface area contributed by atoms with Crippen LogP contribution in [0.2, 0.25) is 0 Å². The van der Waals surface area contributed by atoms with E-state index in [4.69, 9.17) is 9.15 Å². The molecule has 0 fully saturated rings. The molecule has 0 spiro atoms. The number of esters is 1. The summed E-state index contributed by atoms with van der Waals surface area (Å²) in [4.78, 5) is 23.9. The first-order valence-corrected chi connectivity index (χ1v) is 9.27. The molecule has 1 rings (SSSR count). The Bertz CT molecular complexity index is 606. The maximum Gasteiger partial charge on any atom is 0.321 e. The van der Waals surface area contributed by atoms with Crippen molar-refractivity contribution in [2.45, 2.75) is 39.8 Å². The largest absolute Gasteiger partial charge is 0.467 e. The van der Waals surface area contributed by atoms with Crippen molar-refractivity contribution in [3.8, 4) is 0 Å². The van der Waals surface area contributed by atoms with Crippen LogP contribution in [-0.2, 0) is 30.7 Å². The lowest BCUT2D eigenvalue weighted by Gasteiger charge is -2.20. The molecule has 1 amide bonds. The van der Waals surface area contributed by atoms with Crippen molar-refractivity contribution in [1.29, 1.82) is 0 Å². The van der Waals surface area contributed by atoms with E-state index in [0.29, 0.717) is 12.2 Å². The number of furan rings is 1. The van der Waals surface area contributed by atoms with Crippen molar-refractivity contribution in [3.05, 3.63) is 24.2 Å². The summed E-state index contributed by atoms with van der Waals surface area (Å²) in [6.07, 6.45) is 0.863. The van der Waals surface area contributed by atoms with E-state index in [2.05, 4.69) is 5.32 Å². The van der Waals surface area contributed by atoms with Gasteiger partial charge in [0.15, 0.2) is 15.9 Å². The molecular formula is C15H23NO6S. The van der Waals surface area contributed by atoms with E-state index in [1.165, 1.54) is 6.26 Å². The van der Waals surface area contributed by atoms with Gasteiger partial charge in [-0.15, -0.1) is 0 Å². The van der Waals surface area contributed by atoms with Crippen LogP contribution in [0, 0.1) is 5.92 Å². The van der Waals surface area contributed by atoms with E-state index >= 15 is 0 Å². The Hall–Kier alpha value is -1.83. The molecule has 7 nitrogen and oxygen atoms in total. The molecule has 0 saturated heterocycles. The minimum Gasteiger partial charge on any atom is -0.467 e. The van der Waals surface area contributed by atoms with Crippen LogP contribution in [-0.4, -0.2) is 37.9 Å². The summed E-state index contributed by atoms with van der Waals surface area (Å²) in [6, 6.07) is 3.40. The molecule has 1 heterocycles. The van der Waals surface area contributed by atoms with Crippen molar-refractivity contribution in [3.63, 3.8) is 0 Å². The minimum absolute atomic E-state index is 0.0842. The monoisotopic (exact) mass is 345 g/mol. The maximum atomic E-state index is 12.1. The maximum absolute atomic E-state index is 12.1. The van der Waals surface area contributed by atoms with Gasteiger partial charge in [0.1, 0.15) is 11.5 Å². The summed E-state index contributed by atoms with van der Waals surface area (Å²) in [5, 5.41) is 2.60. The third kappa shape index (κ3) is 6.85. The van der Waals surface area contributed by atoms with Crippen LogP contribution in [0.4, 0.5) is 0 Å². The normalized spacial score (nSPS) is 12.9. The summed E-state index contributed by atoms with van der Waals surface area (Å²) >= 11 is 0. The van der Waals surface area contributed by atoms with Crippen molar-refractivity contribution in [2.24, 2.45) is 5.92 Å². The highest BCUT2D eigenvalue weighted by molar-refractivity contribution is 7.92. The van der Waals surface area contributed by atoms with Crippen LogP contribution in [0.15, 0.2) is 22.8 Å². The Kier molecular flexibility index (Phi) is 7.28. The molecule has 0 aliphatic carbocycles. The van der Waals surface area contributed by atoms with E-state index in [-0.39, 0.29) is 18.2 Å². The molecule has 0 radical (unpaired) electrons. The molecule has 0 aliphatic heterocycles. The second kappa shape index (κ2) is 8.71. The fourth-order valence-electron chi connectivity index (χ4n) is 1.92. The van der Waals surface area contributed by atoms with Gasteiger partial charge in [0.2, 0.25) is 0 Å². The van der Waals surface area contributed by atoms with Crippen molar-refractivity contribution in [2.75, 3.05) is 11.5 Å². The van der Waals surface area contributed by atoms with Gasteiger partial charge >= 0.3 is 5.97 Å². The summed E-state index contributed by atoms with van der Waals surface area (Å²) in [6.45, 7) is 5.30. The van der Waals surface area contributed by atoms with Gasteiger partial charge in [0.25, 0.3) is 5.91 Å². The molecule has 1 aromatic rings. The lowest BCUT2D eigenvalue weighted by Crippen LogP contribution is -2.41. The third-order valence-electron chi connectivity index (χ3n) is 2.99. The highest BCUT2D eigenvalue weighted by Gasteiger charge is 2.28. The van der Waals surface area contributed by atoms with E-state index in [9.17, 15) is 18.0 Å². The first-order valence-electron chi connectivity index (χ1n) is 7.45. The molecule has 8 heteroatoms. The zero-order chi connectivity index (χ0) is 17.5. The first-order chi connectivity index (χ1) is 10.7. The van der Waals surface area contributed by atoms with Crippen LogP contribution in [0.1, 0.15) is 33.0 Å². The summed E-state index contributed by atoms with van der Waals surface area (Å²) in [7, 11) is -3.50. The lowest BCUT2D eigenvalue weighted by molar-refractivity contribution is -0.156. The number of hydrogen-bond donors (Lipinski definition) is 1. The molecule has 0 saturated carbocycles. The molecular weight excluding hydrogens is 322 g/mol. The number of sulfone groups is 1. The van der Waals surface area contributed by atoms with Crippen LogP contribution >= 0.6 is 0 Å². The average molecular weight is 345 g/mol. The number of carbonyl (C=O) groups excluding carboxylic acids is 2. The number of rotatable bonds is 9. The van der Waals surface area contributed by atoms with E-state index in [1.807, 2.05) is 0 Å². The smallest absolute Gasteiger partial charge is 0.321 e. The van der Waals surface area contributed by atoms with Crippen LogP contribution in [0.3, 0.4) is 0 Å². The number of amides is 1. The Morgan fingerprint density at radius 2 is 2.04 bits per heavy atom. The summed E-state index contributed by atoms with van der Waals surface area (Å²) < 4.78 is 33.4. The highest BCUT2D eigenvalue weighted by atomic mass is 32.2. The van der Waals surface area contributed by atoms with Crippen LogP contribution < -0.4 is 5.32 Å². The zero-order valence-corrected chi connectivity index (χ0v) is 14.4. The van der Waals surface area contributed by atoms with Crippen LogP contribution in [0.25, 0.3) is 0 Å². The number of ether oxygens (including phenoxy) is 1. The van der Waals surface area contributed by atoms with Crippen molar-refractivity contribution in [1.82, 2.24) is 5.32 Å². The Morgan fingerprint density at radius 1 is 1.35 bits per heavy atom. The topological polar surface area (TPSA) is 103 Å². The van der Waals surface area contributed by atoms with Crippen molar-refractivity contribution < 1.29 is 27.2 Å². The Labute approximate surface area is 136 Å². The van der Waals surface area contributed by atoms with Gasteiger partial charge < -0.3 is 14.5 Å². The first kappa shape index (κ1) is 19.2. The second-order valence-corrected chi connectivity index (χ2v) is 7.73. The molecule has 130 valence electrons. The van der Waals surface area contributed by atoms with Gasteiger partial charge in [-0.2, -0.15) is 0 Å². The fraction of sp³-hybridized carbons (Fsp3) is 0.600. The van der Waals surface area contributed by atoms with Gasteiger partial charge in [-0.05, 0) is 24.5 Å². The van der Waals surface area contributed by atoms with E-state index in [1.54, 1.807) is 32.9 Å². The highest BCUT2D eigenvalue weighted by Crippen LogP contribution is 2.09.